The molecule has 1 spiro atoms. The predicted octanol–water partition coefficient (Wildman–Crippen LogP) is 2.21. The molecular formula is C21H32N4O2. The molecule has 6 heteroatoms. The number of hydrogen-bond donors (Lipinski definition) is 2. The molecule has 1 aromatic carbocycles. The van der Waals surface area contributed by atoms with E-state index in [0.29, 0.717) is 6.54 Å². The number of hydrogen-bond acceptors (Lipinski definition) is 3. The van der Waals surface area contributed by atoms with Crippen molar-refractivity contribution in [2.45, 2.75) is 39.2 Å². The summed E-state index contributed by atoms with van der Waals surface area (Å²) in [5.41, 5.74) is 1.55. The third kappa shape index (κ3) is 5.45. The number of nitrogens with one attached hydrogen (secondary N) is 2. The number of likely N-dealkylation sites (tertiary alicyclic amines) is 2. The summed E-state index contributed by atoms with van der Waals surface area (Å²) in [5, 5.41) is 5.55. The normalized spacial score (nSPS) is 22.8. The van der Waals surface area contributed by atoms with Gasteiger partial charge < -0.3 is 15.5 Å². The summed E-state index contributed by atoms with van der Waals surface area (Å²) in [6.07, 6.45) is 4.31. The third-order valence-corrected chi connectivity index (χ3v) is 5.69. The molecule has 0 aliphatic carbocycles. The lowest BCUT2D eigenvalue weighted by molar-refractivity contribution is -0.120. The summed E-state index contributed by atoms with van der Waals surface area (Å²) in [6, 6.07) is 10.5. The van der Waals surface area contributed by atoms with Crippen LogP contribution in [0.25, 0.3) is 0 Å². The second-order valence-electron chi connectivity index (χ2n) is 7.98. The Bertz CT molecular complexity index is 636. The second-order valence-corrected chi connectivity index (χ2v) is 7.98. The van der Waals surface area contributed by atoms with E-state index in [1.807, 2.05) is 11.8 Å². The highest BCUT2D eigenvalue weighted by Gasteiger charge is 2.42. The third-order valence-electron chi connectivity index (χ3n) is 5.69. The van der Waals surface area contributed by atoms with Gasteiger partial charge in [0.15, 0.2) is 0 Å². The van der Waals surface area contributed by atoms with E-state index in [0.717, 1.165) is 45.6 Å². The standard InChI is InChI=1S/C21H32N4O2/c1-2-11-22-19(26)14-23-20(27)25-13-10-21(17-25)9-6-12-24(16-21)15-18-7-4-3-5-8-18/h3-5,7-8H,2,6,9-17H2,1H3,(H,22,26)(H,23,27). The zero-order chi connectivity index (χ0) is 19.1. The Hall–Kier alpha value is -2.08. The van der Waals surface area contributed by atoms with Gasteiger partial charge in [-0.2, -0.15) is 0 Å². The predicted molar refractivity (Wildman–Crippen MR) is 106 cm³/mol. The highest BCUT2D eigenvalue weighted by Crippen LogP contribution is 2.39. The summed E-state index contributed by atoms with van der Waals surface area (Å²) in [6.45, 7) is 7.44. The summed E-state index contributed by atoms with van der Waals surface area (Å²) >= 11 is 0. The molecule has 2 fully saturated rings. The summed E-state index contributed by atoms with van der Waals surface area (Å²) in [5.74, 6) is -0.120. The molecular weight excluding hydrogens is 340 g/mol. The maximum atomic E-state index is 12.4. The average Bonchev–Trinajstić information content (AvgIpc) is 3.08. The number of nitrogens with zero attached hydrogens (tertiary/aromatic N) is 2. The van der Waals surface area contributed by atoms with E-state index in [1.54, 1.807) is 0 Å². The number of benzene rings is 1. The lowest BCUT2D eigenvalue weighted by Gasteiger charge is -2.40. The van der Waals surface area contributed by atoms with Gasteiger partial charge in [0.25, 0.3) is 0 Å². The number of carbonyl (C=O) groups excluding carboxylic acids is 2. The quantitative estimate of drug-likeness (QED) is 0.805. The zero-order valence-corrected chi connectivity index (χ0v) is 16.4. The van der Waals surface area contributed by atoms with Crippen molar-refractivity contribution in [1.29, 1.82) is 0 Å². The summed E-state index contributed by atoms with van der Waals surface area (Å²) < 4.78 is 0. The molecule has 1 unspecified atom stereocenters. The van der Waals surface area contributed by atoms with Crippen molar-refractivity contribution in [3.05, 3.63) is 35.9 Å². The van der Waals surface area contributed by atoms with Gasteiger partial charge in [0.2, 0.25) is 5.91 Å². The van der Waals surface area contributed by atoms with Crippen molar-refractivity contribution >= 4 is 11.9 Å². The number of piperidine rings is 1. The topological polar surface area (TPSA) is 64.7 Å². The molecule has 148 valence electrons. The zero-order valence-electron chi connectivity index (χ0n) is 16.4. The SMILES string of the molecule is CCCNC(=O)CNC(=O)N1CCC2(CCCN(Cc3ccccc3)C2)C1. The van der Waals surface area contributed by atoms with Crippen molar-refractivity contribution < 1.29 is 9.59 Å². The van der Waals surface area contributed by atoms with Crippen LogP contribution >= 0.6 is 0 Å². The van der Waals surface area contributed by atoms with Crippen molar-refractivity contribution in [1.82, 2.24) is 20.4 Å². The average molecular weight is 373 g/mol. The Morgan fingerprint density at radius 3 is 2.67 bits per heavy atom. The van der Waals surface area contributed by atoms with Crippen LogP contribution in [0.4, 0.5) is 4.79 Å². The van der Waals surface area contributed by atoms with Crippen LogP contribution in [0.2, 0.25) is 0 Å². The Balaban J connectivity index is 1.48. The highest BCUT2D eigenvalue weighted by atomic mass is 16.2. The lowest BCUT2D eigenvalue weighted by Crippen LogP contribution is -2.47. The van der Waals surface area contributed by atoms with Crippen molar-refractivity contribution in [3.8, 4) is 0 Å². The van der Waals surface area contributed by atoms with E-state index in [1.165, 1.54) is 18.4 Å². The van der Waals surface area contributed by atoms with Crippen LogP contribution in [0.3, 0.4) is 0 Å². The molecule has 0 aromatic heterocycles. The molecule has 2 saturated heterocycles. The number of urea groups is 1. The number of amides is 3. The van der Waals surface area contributed by atoms with Gasteiger partial charge in [-0.05, 0) is 37.8 Å². The molecule has 3 amide bonds. The largest absolute Gasteiger partial charge is 0.355 e. The van der Waals surface area contributed by atoms with Crippen LogP contribution in [0, 0.1) is 5.41 Å². The molecule has 1 aromatic rings. The fourth-order valence-corrected chi connectivity index (χ4v) is 4.32. The van der Waals surface area contributed by atoms with Gasteiger partial charge in [-0.3, -0.25) is 9.69 Å². The van der Waals surface area contributed by atoms with Gasteiger partial charge in [-0.15, -0.1) is 0 Å². The fraction of sp³-hybridized carbons (Fsp3) is 0.619. The summed E-state index contributed by atoms with van der Waals surface area (Å²) in [4.78, 5) is 28.5. The second kappa shape index (κ2) is 9.22. The van der Waals surface area contributed by atoms with Crippen molar-refractivity contribution in [2.24, 2.45) is 5.41 Å². The van der Waals surface area contributed by atoms with E-state index in [4.69, 9.17) is 0 Å². The van der Waals surface area contributed by atoms with E-state index in [9.17, 15) is 9.59 Å². The molecule has 0 saturated carbocycles. The van der Waals surface area contributed by atoms with Crippen molar-refractivity contribution in [3.63, 3.8) is 0 Å². The van der Waals surface area contributed by atoms with Gasteiger partial charge in [0, 0.05) is 38.1 Å². The minimum atomic E-state index is -0.120. The van der Waals surface area contributed by atoms with E-state index in [-0.39, 0.29) is 23.9 Å². The van der Waals surface area contributed by atoms with Crippen LogP contribution in [0.1, 0.15) is 38.2 Å². The molecule has 27 heavy (non-hydrogen) atoms. The van der Waals surface area contributed by atoms with Gasteiger partial charge in [0.1, 0.15) is 0 Å². The first-order chi connectivity index (χ1) is 13.1. The molecule has 3 rings (SSSR count). The van der Waals surface area contributed by atoms with Crippen LogP contribution in [0.15, 0.2) is 30.3 Å². The van der Waals surface area contributed by atoms with E-state index in [2.05, 4.69) is 45.9 Å². The van der Waals surface area contributed by atoms with E-state index >= 15 is 0 Å². The van der Waals surface area contributed by atoms with Crippen LogP contribution in [0.5, 0.6) is 0 Å². The van der Waals surface area contributed by atoms with Crippen molar-refractivity contribution in [2.75, 3.05) is 39.3 Å². The van der Waals surface area contributed by atoms with Crippen LogP contribution < -0.4 is 10.6 Å². The van der Waals surface area contributed by atoms with Gasteiger partial charge in [-0.1, -0.05) is 37.3 Å². The minimum absolute atomic E-state index is 0.0580. The van der Waals surface area contributed by atoms with E-state index < -0.39 is 0 Å². The van der Waals surface area contributed by atoms with Gasteiger partial charge >= 0.3 is 6.03 Å². The Labute approximate surface area is 162 Å². The first-order valence-electron chi connectivity index (χ1n) is 10.2. The Morgan fingerprint density at radius 1 is 1.07 bits per heavy atom. The molecule has 6 nitrogen and oxygen atoms in total. The first-order valence-corrected chi connectivity index (χ1v) is 10.2. The highest BCUT2D eigenvalue weighted by molar-refractivity contribution is 5.84. The maximum Gasteiger partial charge on any atom is 0.317 e. The molecule has 0 bridgehead atoms. The van der Waals surface area contributed by atoms with Gasteiger partial charge in [0.05, 0.1) is 6.54 Å². The molecule has 2 aliphatic rings. The Kier molecular flexibility index (Phi) is 6.72. The summed E-state index contributed by atoms with van der Waals surface area (Å²) in [7, 11) is 0. The first kappa shape index (κ1) is 19.7. The molecule has 2 heterocycles. The van der Waals surface area contributed by atoms with Gasteiger partial charge in [-0.25, -0.2) is 4.79 Å². The monoisotopic (exact) mass is 372 g/mol. The smallest absolute Gasteiger partial charge is 0.317 e. The minimum Gasteiger partial charge on any atom is -0.355 e. The molecule has 1 atom stereocenters. The Morgan fingerprint density at radius 2 is 1.89 bits per heavy atom. The lowest BCUT2D eigenvalue weighted by atomic mass is 9.79. The van der Waals surface area contributed by atoms with Crippen LogP contribution in [-0.2, 0) is 11.3 Å². The number of carbonyl (C=O) groups is 2. The maximum absolute atomic E-state index is 12.4. The molecule has 2 N–H and O–H groups in total. The fourth-order valence-electron chi connectivity index (χ4n) is 4.32. The number of rotatable bonds is 6. The molecule has 0 radical (unpaired) electrons. The molecule has 2 aliphatic heterocycles. The van der Waals surface area contributed by atoms with Crippen LogP contribution in [-0.4, -0.2) is 61.0 Å².